The van der Waals surface area contributed by atoms with Crippen molar-refractivity contribution < 1.29 is 9.53 Å². The average Bonchev–Trinajstić information content (AvgIpc) is 2.90. The summed E-state index contributed by atoms with van der Waals surface area (Å²) < 4.78 is 4.84. The minimum atomic E-state index is -0.722. The molecule has 0 bridgehead atoms. The Morgan fingerprint density at radius 1 is 1.50 bits per heavy atom. The first-order valence-corrected chi connectivity index (χ1v) is 8.01. The van der Waals surface area contributed by atoms with E-state index in [1.165, 1.54) is 18.4 Å². The summed E-state index contributed by atoms with van der Waals surface area (Å²) in [6.45, 7) is 0.155. The highest BCUT2D eigenvalue weighted by Gasteiger charge is 2.15. The zero-order chi connectivity index (χ0) is 16.1. The maximum atomic E-state index is 11.8. The number of hydrogen-bond donors (Lipinski definition) is 2. The van der Waals surface area contributed by atoms with E-state index in [0.717, 1.165) is 10.4 Å². The van der Waals surface area contributed by atoms with Gasteiger partial charge in [0.1, 0.15) is 6.04 Å². The monoisotopic (exact) mass is 359 g/mol. The molecule has 0 aliphatic carbocycles. The molecule has 118 valence electrons. The number of benzene rings is 1. The van der Waals surface area contributed by atoms with E-state index in [-0.39, 0.29) is 12.5 Å². The van der Waals surface area contributed by atoms with E-state index in [4.69, 9.17) is 33.7 Å². The molecular weight excluding hydrogens is 345 g/mol. The summed E-state index contributed by atoms with van der Waals surface area (Å²) in [6, 6.07) is 4.59. The van der Waals surface area contributed by atoms with Gasteiger partial charge in [0.15, 0.2) is 5.13 Å². The van der Waals surface area contributed by atoms with Crippen LogP contribution in [-0.4, -0.2) is 30.6 Å². The molecule has 8 heteroatoms. The quantitative estimate of drug-likeness (QED) is 0.830. The first kappa shape index (κ1) is 17.2. The van der Waals surface area contributed by atoms with Gasteiger partial charge in [-0.15, -0.1) is 11.3 Å². The Hall–Kier alpha value is -1.18. The van der Waals surface area contributed by atoms with Gasteiger partial charge < -0.3 is 15.8 Å². The Labute approximate surface area is 142 Å². The third-order valence-electron chi connectivity index (χ3n) is 2.84. The van der Waals surface area contributed by atoms with E-state index in [9.17, 15) is 4.79 Å². The molecule has 1 amide bonds. The number of halogens is 2. The van der Waals surface area contributed by atoms with Crippen LogP contribution in [-0.2, 0) is 16.0 Å². The number of anilines is 1. The Bertz CT molecular complexity index is 663. The van der Waals surface area contributed by atoms with Crippen molar-refractivity contribution in [1.82, 2.24) is 4.98 Å². The predicted octanol–water partition coefficient (Wildman–Crippen LogP) is 2.95. The van der Waals surface area contributed by atoms with Crippen LogP contribution in [0, 0.1) is 0 Å². The van der Waals surface area contributed by atoms with E-state index < -0.39 is 6.04 Å². The van der Waals surface area contributed by atoms with Crippen LogP contribution in [0.25, 0.3) is 0 Å². The highest BCUT2D eigenvalue weighted by atomic mass is 35.5. The molecule has 3 N–H and O–H groups in total. The number of carbonyl (C=O) groups excluding carboxylic acids is 1. The van der Waals surface area contributed by atoms with Gasteiger partial charge in [-0.05, 0) is 23.8 Å². The lowest BCUT2D eigenvalue weighted by molar-refractivity contribution is -0.118. The summed E-state index contributed by atoms with van der Waals surface area (Å²) in [4.78, 5) is 16.9. The lowest BCUT2D eigenvalue weighted by atomic mass is 10.1. The average molecular weight is 360 g/mol. The fourth-order valence-electron chi connectivity index (χ4n) is 1.77. The van der Waals surface area contributed by atoms with Crippen molar-refractivity contribution in [2.45, 2.75) is 12.5 Å². The van der Waals surface area contributed by atoms with Gasteiger partial charge >= 0.3 is 0 Å². The zero-order valence-electron chi connectivity index (χ0n) is 11.8. The van der Waals surface area contributed by atoms with Gasteiger partial charge in [-0.1, -0.05) is 23.2 Å². The summed E-state index contributed by atoms with van der Waals surface area (Å²) in [7, 11) is 1.49. The second-order valence-corrected chi connectivity index (χ2v) is 6.55. The van der Waals surface area contributed by atoms with Crippen LogP contribution in [0.2, 0.25) is 10.0 Å². The Kier molecular flexibility index (Phi) is 6.16. The number of nitrogens with one attached hydrogen (secondary N) is 1. The molecule has 1 heterocycles. The van der Waals surface area contributed by atoms with Crippen molar-refractivity contribution >= 4 is 45.6 Å². The molecule has 22 heavy (non-hydrogen) atoms. The number of nitrogens with two attached hydrogens (primary N) is 1. The first-order chi connectivity index (χ1) is 10.5. The molecule has 0 aliphatic rings. The van der Waals surface area contributed by atoms with Crippen LogP contribution >= 0.6 is 34.5 Å². The molecule has 2 rings (SSSR count). The first-order valence-electron chi connectivity index (χ1n) is 6.43. The van der Waals surface area contributed by atoms with Crippen LogP contribution in [0.15, 0.2) is 24.4 Å². The number of methoxy groups -OCH3 is 1. The normalized spacial score (nSPS) is 12.2. The van der Waals surface area contributed by atoms with Crippen molar-refractivity contribution in [3.8, 4) is 0 Å². The summed E-state index contributed by atoms with van der Waals surface area (Å²) in [6.07, 6.45) is 2.29. The Morgan fingerprint density at radius 3 is 3.00 bits per heavy atom. The smallest absolute Gasteiger partial charge is 0.245 e. The SMILES string of the molecule is COCC(N)C(=O)Nc1ncc(Cc2cc(Cl)ccc2Cl)s1. The number of carbonyl (C=O) groups is 1. The second-order valence-electron chi connectivity index (χ2n) is 4.60. The number of amides is 1. The van der Waals surface area contributed by atoms with Gasteiger partial charge in [0.05, 0.1) is 6.61 Å². The lowest BCUT2D eigenvalue weighted by Crippen LogP contribution is -2.39. The molecule has 0 aliphatic heterocycles. The third kappa shape index (κ3) is 4.66. The van der Waals surface area contributed by atoms with Crippen LogP contribution in [0.3, 0.4) is 0 Å². The number of rotatable bonds is 6. The fraction of sp³-hybridized carbons (Fsp3) is 0.286. The Balaban J connectivity index is 2.02. The highest BCUT2D eigenvalue weighted by molar-refractivity contribution is 7.15. The third-order valence-corrected chi connectivity index (χ3v) is 4.36. The number of nitrogens with zero attached hydrogens (tertiary/aromatic N) is 1. The molecule has 0 spiro atoms. The van der Waals surface area contributed by atoms with E-state index in [1.54, 1.807) is 18.3 Å². The van der Waals surface area contributed by atoms with E-state index >= 15 is 0 Å². The molecular formula is C14H15Cl2N3O2S. The standard InChI is InChI=1S/C14H15Cl2N3O2S/c1-21-7-12(17)13(20)19-14-18-6-10(22-14)5-8-4-9(15)2-3-11(8)16/h2-4,6,12H,5,7,17H2,1H3,(H,18,19,20). The fourth-order valence-corrected chi connectivity index (χ4v) is 2.98. The molecule has 2 aromatic rings. The largest absolute Gasteiger partial charge is 0.383 e. The topological polar surface area (TPSA) is 77.2 Å². The molecule has 1 aromatic heterocycles. The van der Waals surface area contributed by atoms with Gasteiger partial charge in [-0.2, -0.15) is 0 Å². The maximum absolute atomic E-state index is 11.8. The number of thiazole rings is 1. The second kappa shape index (κ2) is 7.89. The molecule has 1 aromatic carbocycles. The van der Waals surface area contributed by atoms with Crippen molar-refractivity contribution in [1.29, 1.82) is 0 Å². The lowest BCUT2D eigenvalue weighted by Gasteiger charge is -2.08. The summed E-state index contributed by atoms with van der Waals surface area (Å²) in [5.74, 6) is -0.330. The zero-order valence-corrected chi connectivity index (χ0v) is 14.1. The summed E-state index contributed by atoms with van der Waals surface area (Å²) in [5, 5.41) is 4.43. The van der Waals surface area contributed by atoms with Crippen LogP contribution in [0.4, 0.5) is 5.13 Å². The van der Waals surface area contributed by atoms with Gasteiger partial charge in [0.25, 0.3) is 0 Å². The van der Waals surface area contributed by atoms with Crippen LogP contribution < -0.4 is 11.1 Å². The van der Waals surface area contributed by atoms with Crippen molar-refractivity contribution in [2.24, 2.45) is 5.73 Å². The number of hydrogen-bond acceptors (Lipinski definition) is 5. The van der Waals surface area contributed by atoms with Gasteiger partial charge in [-0.25, -0.2) is 4.98 Å². The minimum absolute atomic E-state index is 0.155. The molecule has 0 saturated heterocycles. The summed E-state index contributed by atoms with van der Waals surface area (Å²) >= 11 is 13.5. The molecule has 5 nitrogen and oxygen atoms in total. The van der Waals surface area contributed by atoms with Crippen LogP contribution in [0.1, 0.15) is 10.4 Å². The minimum Gasteiger partial charge on any atom is -0.383 e. The Morgan fingerprint density at radius 2 is 2.27 bits per heavy atom. The molecule has 0 saturated carbocycles. The van der Waals surface area contributed by atoms with E-state index in [1.807, 2.05) is 6.07 Å². The van der Waals surface area contributed by atoms with Crippen LogP contribution in [0.5, 0.6) is 0 Å². The highest BCUT2D eigenvalue weighted by Crippen LogP contribution is 2.26. The number of aromatic nitrogens is 1. The molecule has 1 unspecified atom stereocenters. The van der Waals surface area contributed by atoms with E-state index in [2.05, 4.69) is 10.3 Å². The van der Waals surface area contributed by atoms with Gasteiger partial charge in [0, 0.05) is 34.6 Å². The molecule has 0 fully saturated rings. The molecule has 0 radical (unpaired) electrons. The maximum Gasteiger partial charge on any atom is 0.245 e. The van der Waals surface area contributed by atoms with Gasteiger partial charge in [-0.3, -0.25) is 4.79 Å². The number of ether oxygens (including phenoxy) is 1. The summed E-state index contributed by atoms with van der Waals surface area (Å²) in [5.41, 5.74) is 6.56. The van der Waals surface area contributed by atoms with Crippen molar-refractivity contribution in [2.75, 3.05) is 19.0 Å². The predicted molar refractivity (Wildman–Crippen MR) is 89.9 cm³/mol. The van der Waals surface area contributed by atoms with Gasteiger partial charge in [0.2, 0.25) is 5.91 Å². The molecule has 1 atom stereocenters. The van der Waals surface area contributed by atoms with Crippen molar-refractivity contribution in [3.63, 3.8) is 0 Å². The van der Waals surface area contributed by atoms with Crippen molar-refractivity contribution in [3.05, 3.63) is 44.9 Å². The van der Waals surface area contributed by atoms with E-state index in [0.29, 0.717) is 21.6 Å².